The lowest BCUT2D eigenvalue weighted by Gasteiger charge is -2.32. The van der Waals surface area contributed by atoms with Crippen LogP contribution in [0.5, 0.6) is 5.75 Å². The molecule has 1 amide bonds. The molecule has 5 heteroatoms. The Morgan fingerprint density at radius 1 is 1.55 bits per heavy atom. The zero-order valence-electron chi connectivity index (χ0n) is 12.0. The molecule has 1 aromatic rings. The minimum Gasteiger partial charge on any atom is -0.496 e. The molecule has 1 unspecified atom stereocenters. The average molecular weight is 341 g/mol. The van der Waals surface area contributed by atoms with E-state index < -0.39 is 0 Å². The minimum absolute atomic E-state index is 0.223. The molecule has 110 valence electrons. The number of methoxy groups -OCH3 is 1. The van der Waals surface area contributed by atoms with Gasteiger partial charge in [-0.3, -0.25) is 4.79 Å². The van der Waals surface area contributed by atoms with Crippen LogP contribution >= 0.6 is 15.9 Å². The van der Waals surface area contributed by atoms with Crippen molar-refractivity contribution >= 4 is 21.8 Å². The number of ether oxygens (including phenoxy) is 1. The predicted molar refractivity (Wildman–Crippen MR) is 83.1 cm³/mol. The first-order valence-corrected chi connectivity index (χ1v) is 7.73. The van der Waals surface area contributed by atoms with Gasteiger partial charge in [0.2, 0.25) is 5.91 Å². The van der Waals surface area contributed by atoms with Crippen molar-refractivity contribution in [3.05, 3.63) is 28.2 Å². The van der Waals surface area contributed by atoms with Gasteiger partial charge in [-0.2, -0.15) is 0 Å². The molecule has 20 heavy (non-hydrogen) atoms. The molecule has 1 fully saturated rings. The third kappa shape index (κ3) is 3.96. The van der Waals surface area contributed by atoms with Crippen molar-refractivity contribution in [2.45, 2.75) is 25.8 Å². The Balaban J connectivity index is 1.94. The van der Waals surface area contributed by atoms with E-state index in [1.807, 2.05) is 23.1 Å². The Labute approximate surface area is 128 Å². The van der Waals surface area contributed by atoms with E-state index in [0.717, 1.165) is 35.4 Å². The second kappa shape index (κ2) is 7.09. The molecular formula is C15H21BrN2O2. The number of carbonyl (C=O) groups is 1. The molecule has 4 nitrogen and oxygen atoms in total. The van der Waals surface area contributed by atoms with Gasteiger partial charge in [0, 0.05) is 36.6 Å². The highest BCUT2D eigenvalue weighted by Gasteiger charge is 2.20. The van der Waals surface area contributed by atoms with Crippen molar-refractivity contribution in [2.75, 3.05) is 26.7 Å². The van der Waals surface area contributed by atoms with Gasteiger partial charge in [-0.1, -0.05) is 15.9 Å². The van der Waals surface area contributed by atoms with Crippen LogP contribution in [-0.4, -0.2) is 43.6 Å². The molecule has 2 rings (SSSR count). The lowest BCUT2D eigenvalue weighted by atomic mass is 10.1. The number of hydrogen-bond donors (Lipinski definition) is 1. The van der Waals surface area contributed by atoms with Crippen LogP contribution in [-0.2, 0) is 11.2 Å². The first kappa shape index (κ1) is 15.3. The van der Waals surface area contributed by atoms with Gasteiger partial charge >= 0.3 is 0 Å². The molecule has 0 spiro atoms. The van der Waals surface area contributed by atoms with E-state index in [1.54, 1.807) is 7.11 Å². The number of nitrogens with zero attached hydrogens (tertiary/aromatic N) is 1. The first-order valence-electron chi connectivity index (χ1n) is 6.93. The van der Waals surface area contributed by atoms with Gasteiger partial charge in [0.15, 0.2) is 0 Å². The third-order valence-electron chi connectivity index (χ3n) is 3.57. The zero-order valence-corrected chi connectivity index (χ0v) is 13.6. The van der Waals surface area contributed by atoms with Crippen molar-refractivity contribution in [2.24, 2.45) is 0 Å². The smallest absolute Gasteiger partial charge is 0.223 e. The van der Waals surface area contributed by atoms with Crippen LogP contribution in [0.2, 0.25) is 0 Å². The van der Waals surface area contributed by atoms with Crippen molar-refractivity contribution in [3.8, 4) is 5.75 Å². The Bertz CT molecular complexity index is 479. The number of halogens is 1. The Hall–Kier alpha value is -1.07. The summed E-state index contributed by atoms with van der Waals surface area (Å²) in [7, 11) is 1.66. The lowest BCUT2D eigenvalue weighted by Crippen LogP contribution is -2.51. The molecule has 0 saturated carbocycles. The highest BCUT2D eigenvalue weighted by molar-refractivity contribution is 9.10. The van der Waals surface area contributed by atoms with E-state index >= 15 is 0 Å². The van der Waals surface area contributed by atoms with Crippen LogP contribution in [0.3, 0.4) is 0 Å². The van der Waals surface area contributed by atoms with E-state index in [4.69, 9.17) is 4.74 Å². The fraction of sp³-hybridized carbons (Fsp3) is 0.533. The van der Waals surface area contributed by atoms with Gasteiger partial charge in [-0.15, -0.1) is 0 Å². The topological polar surface area (TPSA) is 41.6 Å². The minimum atomic E-state index is 0.223. The van der Waals surface area contributed by atoms with Gasteiger partial charge in [-0.05, 0) is 37.1 Å². The van der Waals surface area contributed by atoms with Crippen LogP contribution in [0.25, 0.3) is 0 Å². The van der Waals surface area contributed by atoms with Gasteiger partial charge in [-0.25, -0.2) is 0 Å². The Morgan fingerprint density at radius 2 is 2.35 bits per heavy atom. The van der Waals surface area contributed by atoms with E-state index in [0.29, 0.717) is 18.9 Å². The number of carbonyl (C=O) groups excluding carboxylic acids is 1. The third-order valence-corrected chi connectivity index (χ3v) is 4.07. The highest BCUT2D eigenvalue weighted by atomic mass is 79.9. The molecule has 1 heterocycles. The standard InChI is InChI=1S/C15H21BrN2O2/c1-11-10-18(8-7-17-11)15(19)6-3-12-9-13(16)4-5-14(12)20-2/h4-5,9,11,17H,3,6-8,10H2,1-2H3. The second-order valence-electron chi connectivity index (χ2n) is 5.15. The molecule has 1 aromatic carbocycles. The summed E-state index contributed by atoms with van der Waals surface area (Å²) in [4.78, 5) is 14.2. The number of amides is 1. The number of aryl methyl sites for hydroxylation is 1. The fourth-order valence-corrected chi connectivity index (χ4v) is 2.91. The lowest BCUT2D eigenvalue weighted by molar-refractivity contribution is -0.132. The Kier molecular flexibility index (Phi) is 5.43. The molecule has 1 aliphatic heterocycles. The number of nitrogens with one attached hydrogen (secondary N) is 1. The molecule has 0 bridgehead atoms. The van der Waals surface area contributed by atoms with Crippen molar-refractivity contribution in [1.82, 2.24) is 10.2 Å². The van der Waals surface area contributed by atoms with E-state index in [1.165, 1.54) is 0 Å². The first-order chi connectivity index (χ1) is 9.60. The summed E-state index contributed by atoms with van der Waals surface area (Å²) in [6.45, 7) is 4.59. The van der Waals surface area contributed by atoms with E-state index in [-0.39, 0.29) is 5.91 Å². The van der Waals surface area contributed by atoms with Crippen LogP contribution in [0.15, 0.2) is 22.7 Å². The maximum atomic E-state index is 12.2. The molecule has 1 atom stereocenters. The van der Waals surface area contributed by atoms with Crippen molar-refractivity contribution in [3.63, 3.8) is 0 Å². The molecule has 0 aromatic heterocycles. The van der Waals surface area contributed by atoms with E-state index in [2.05, 4.69) is 28.2 Å². The summed E-state index contributed by atoms with van der Waals surface area (Å²) in [5.41, 5.74) is 1.07. The quantitative estimate of drug-likeness (QED) is 0.913. The van der Waals surface area contributed by atoms with Crippen molar-refractivity contribution in [1.29, 1.82) is 0 Å². The number of rotatable bonds is 4. The van der Waals surface area contributed by atoms with Gasteiger partial charge in [0.25, 0.3) is 0 Å². The number of benzene rings is 1. The van der Waals surface area contributed by atoms with Gasteiger partial charge in [0.1, 0.15) is 5.75 Å². The number of piperazine rings is 1. The summed E-state index contributed by atoms with van der Waals surface area (Å²) in [6, 6.07) is 6.28. The predicted octanol–water partition coefficient (Wildman–Crippen LogP) is 2.21. The molecule has 0 aliphatic carbocycles. The molecule has 1 N–H and O–H groups in total. The summed E-state index contributed by atoms with van der Waals surface area (Å²) >= 11 is 3.46. The van der Waals surface area contributed by atoms with Crippen LogP contribution in [0, 0.1) is 0 Å². The molecule has 0 radical (unpaired) electrons. The van der Waals surface area contributed by atoms with Crippen LogP contribution in [0.4, 0.5) is 0 Å². The van der Waals surface area contributed by atoms with Gasteiger partial charge in [0.05, 0.1) is 7.11 Å². The maximum absolute atomic E-state index is 12.2. The summed E-state index contributed by atoms with van der Waals surface area (Å²) in [5.74, 6) is 1.06. The average Bonchev–Trinajstić information content (AvgIpc) is 2.45. The van der Waals surface area contributed by atoms with Crippen LogP contribution in [0.1, 0.15) is 18.9 Å². The number of hydrogen-bond acceptors (Lipinski definition) is 3. The summed E-state index contributed by atoms with van der Waals surface area (Å²) in [5, 5.41) is 3.35. The Morgan fingerprint density at radius 3 is 3.05 bits per heavy atom. The molecule has 1 saturated heterocycles. The van der Waals surface area contributed by atoms with Crippen LogP contribution < -0.4 is 10.1 Å². The van der Waals surface area contributed by atoms with Gasteiger partial charge < -0.3 is 15.0 Å². The molecular weight excluding hydrogens is 320 g/mol. The summed E-state index contributed by atoms with van der Waals surface area (Å²) in [6.07, 6.45) is 1.24. The SMILES string of the molecule is COc1ccc(Br)cc1CCC(=O)N1CCNC(C)C1. The monoisotopic (exact) mass is 340 g/mol. The van der Waals surface area contributed by atoms with E-state index in [9.17, 15) is 4.79 Å². The summed E-state index contributed by atoms with van der Waals surface area (Å²) < 4.78 is 6.35. The second-order valence-corrected chi connectivity index (χ2v) is 6.07. The van der Waals surface area contributed by atoms with Crippen molar-refractivity contribution < 1.29 is 9.53 Å². The normalized spacial score (nSPS) is 18.9. The zero-order chi connectivity index (χ0) is 14.5. The fourth-order valence-electron chi connectivity index (χ4n) is 2.50. The largest absolute Gasteiger partial charge is 0.496 e. The molecule has 1 aliphatic rings. The highest BCUT2D eigenvalue weighted by Crippen LogP contribution is 2.24. The maximum Gasteiger partial charge on any atom is 0.223 e.